The maximum absolute atomic E-state index is 9.35. The van der Waals surface area contributed by atoms with Gasteiger partial charge in [0.15, 0.2) is 5.84 Å². The first-order valence-electron chi connectivity index (χ1n) is 6.93. The molecule has 0 aliphatic carbocycles. The van der Waals surface area contributed by atoms with Crippen LogP contribution in [0.2, 0.25) is 0 Å². The van der Waals surface area contributed by atoms with Gasteiger partial charge in [0.25, 0.3) is 0 Å². The van der Waals surface area contributed by atoms with E-state index in [0.717, 1.165) is 11.4 Å². The van der Waals surface area contributed by atoms with E-state index >= 15 is 0 Å². The molecule has 7 heteroatoms. The van der Waals surface area contributed by atoms with Crippen LogP contribution in [0, 0.1) is 13.8 Å². The van der Waals surface area contributed by atoms with Crippen LogP contribution in [-0.2, 0) is 4.74 Å². The molecular formula is C14H22N4O3. The van der Waals surface area contributed by atoms with Crippen molar-refractivity contribution in [2.75, 3.05) is 24.6 Å². The first-order valence-corrected chi connectivity index (χ1v) is 6.93. The van der Waals surface area contributed by atoms with E-state index in [9.17, 15) is 5.11 Å². The molecule has 0 spiro atoms. The van der Waals surface area contributed by atoms with Crippen LogP contribution < -0.4 is 10.6 Å². The molecule has 1 aliphatic rings. The highest BCUT2D eigenvalue weighted by Crippen LogP contribution is 2.27. The summed E-state index contributed by atoms with van der Waals surface area (Å²) in [5.41, 5.74) is 8.84. The topological polar surface area (TPSA) is 104 Å². The van der Waals surface area contributed by atoms with Gasteiger partial charge in [0.2, 0.25) is 0 Å². The fourth-order valence-electron chi connectivity index (χ4n) is 2.77. The van der Waals surface area contributed by atoms with Crippen LogP contribution in [-0.4, -0.2) is 53.0 Å². The lowest BCUT2D eigenvalue weighted by Crippen LogP contribution is -2.48. The molecule has 0 bridgehead atoms. The van der Waals surface area contributed by atoms with E-state index < -0.39 is 0 Å². The van der Waals surface area contributed by atoms with E-state index in [4.69, 9.17) is 15.7 Å². The summed E-state index contributed by atoms with van der Waals surface area (Å²) in [4.78, 5) is 6.46. The Balaban J connectivity index is 2.46. The van der Waals surface area contributed by atoms with Gasteiger partial charge in [0.1, 0.15) is 0 Å². The summed E-state index contributed by atoms with van der Waals surface area (Å²) >= 11 is 0. The average Bonchev–Trinajstić information content (AvgIpc) is 2.45. The smallest absolute Gasteiger partial charge is 0.174 e. The summed E-state index contributed by atoms with van der Waals surface area (Å²) in [5.74, 6) is 0.0368. The summed E-state index contributed by atoms with van der Waals surface area (Å²) < 4.78 is 5.66. The van der Waals surface area contributed by atoms with Crippen LogP contribution in [0.3, 0.4) is 0 Å². The van der Waals surface area contributed by atoms with Crippen LogP contribution in [0.1, 0.15) is 23.9 Å². The molecule has 0 saturated carbocycles. The monoisotopic (exact) mass is 294 g/mol. The van der Waals surface area contributed by atoms with E-state index in [1.165, 1.54) is 0 Å². The number of aromatic nitrogens is 1. The third-order valence-electron chi connectivity index (χ3n) is 3.54. The number of anilines is 1. The van der Waals surface area contributed by atoms with Crippen molar-refractivity contribution in [1.29, 1.82) is 0 Å². The quantitative estimate of drug-likeness (QED) is 0.322. The molecule has 116 valence electrons. The summed E-state index contributed by atoms with van der Waals surface area (Å²) in [6, 6.07) is 1.91. The average molecular weight is 294 g/mol. The van der Waals surface area contributed by atoms with Crippen LogP contribution in [0.4, 0.5) is 5.69 Å². The zero-order valence-corrected chi connectivity index (χ0v) is 12.6. The number of aliphatic hydroxyl groups excluding tert-OH is 1. The van der Waals surface area contributed by atoms with Gasteiger partial charge in [-0.05, 0) is 26.8 Å². The lowest BCUT2D eigenvalue weighted by Gasteiger charge is -2.38. The molecule has 0 amide bonds. The summed E-state index contributed by atoms with van der Waals surface area (Å²) in [5, 5.41) is 21.5. The first-order chi connectivity index (χ1) is 9.96. The van der Waals surface area contributed by atoms with Gasteiger partial charge in [0, 0.05) is 18.8 Å². The first kappa shape index (κ1) is 15.5. The lowest BCUT2D eigenvalue weighted by atomic mass is 10.1. The number of aryl methyl sites for hydroxylation is 2. The fraction of sp³-hybridized carbons (Fsp3) is 0.571. The Morgan fingerprint density at radius 1 is 1.52 bits per heavy atom. The van der Waals surface area contributed by atoms with Crippen molar-refractivity contribution < 1.29 is 15.1 Å². The van der Waals surface area contributed by atoms with Crippen LogP contribution in [0.5, 0.6) is 0 Å². The minimum Gasteiger partial charge on any atom is -0.409 e. The summed E-state index contributed by atoms with van der Waals surface area (Å²) in [6.07, 6.45) is -0.257. The minimum atomic E-state index is -0.248. The number of hydrogen-bond donors (Lipinski definition) is 3. The highest BCUT2D eigenvalue weighted by molar-refractivity contribution is 6.03. The molecule has 2 atom stereocenters. The molecule has 1 aromatic heterocycles. The Bertz CT molecular complexity index is 547. The van der Waals surface area contributed by atoms with Gasteiger partial charge in [0.05, 0.1) is 35.8 Å². The van der Waals surface area contributed by atoms with Crippen molar-refractivity contribution in [2.45, 2.75) is 33.0 Å². The Hall–Kier alpha value is -1.86. The number of amidine groups is 1. The number of nitrogens with two attached hydrogens (primary N) is 1. The molecular weight excluding hydrogens is 272 g/mol. The second-order valence-electron chi connectivity index (χ2n) is 5.38. The van der Waals surface area contributed by atoms with Gasteiger partial charge in [-0.15, -0.1) is 0 Å². The number of ether oxygens (including phenoxy) is 1. The summed E-state index contributed by atoms with van der Waals surface area (Å²) in [7, 11) is 0. The van der Waals surface area contributed by atoms with E-state index in [0.29, 0.717) is 24.3 Å². The third kappa shape index (κ3) is 3.25. The van der Waals surface area contributed by atoms with Crippen molar-refractivity contribution in [2.24, 2.45) is 10.9 Å². The van der Waals surface area contributed by atoms with E-state index in [1.807, 2.05) is 26.8 Å². The van der Waals surface area contributed by atoms with Crippen molar-refractivity contribution in [3.63, 3.8) is 0 Å². The van der Waals surface area contributed by atoms with Gasteiger partial charge in [-0.25, -0.2) is 0 Å². The Morgan fingerprint density at radius 3 is 2.86 bits per heavy atom. The molecule has 2 rings (SSSR count). The number of oxime groups is 1. The zero-order valence-electron chi connectivity index (χ0n) is 12.6. The van der Waals surface area contributed by atoms with Crippen molar-refractivity contribution in [3.8, 4) is 0 Å². The van der Waals surface area contributed by atoms with Crippen LogP contribution >= 0.6 is 0 Å². The summed E-state index contributed by atoms with van der Waals surface area (Å²) in [6.45, 7) is 6.87. The predicted molar refractivity (Wildman–Crippen MR) is 79.9 cm³/mol. The fourth-order valence-corrected chi connectivity index (χ4v) is 2.77. The predicted octanol–water partition coefficient (Wildman–Crippen LogP) is 0.379. The molecule has 1 fully saturated rings. The van der Waals surface area contributed by atoms with Crippen molar-refractivity contribution in [1.82, 2.24) is 4.98 Å². The van der Waals surface area contributed by atoms with Crippen LogP contribution in [0.15, 0.2) is 11.2 Å². The van der Waals surface area contributed by atoms with Gasteiger partial charge in [-0.2, -0.15) is 0 Å². The highest BCUT2D eigenvalue weighted by Gasteiger charge is 2.28. The van der Waals surface area contributed by atoms with Crippen molar-refractivity contribution in [3.05, 3.63) is 23.0 Å². The Kier molecular flexibility index (Phi) is 4.64. The molecule has 1 aliphatic heterocycles. The second-order valence-corrected chi connectivity index (χ2v) is 5.38. The molecule has 2 heterocycles. The van der Waals surface area contributed by atoms with E-state index in [1.54, 1.807) is 0 Å². The molecule has 0 radical (unpaired) electrons. The number of pyridine rings is 1. The zero-order chi connectivity index (χ0) is 15.6. The number of rotatable bonds is 3. The number of hydrogen-bond acceptors (Lipinski definition) is 6. The van der Waals surface area contributed by atoms with Crippen molar-refractivity contribution >= 4 is 11.5 Å². The maximum Gasteiger partial charge on any atom is 0.174 e. The maximum atomic E-state index is 9.35. The van der Waals surface area contributed by atoms with E-state index in [-0.39, 0.29) is 24.7 Å². The molecule has 7 nitrogen and oxygen atoms in total. The number of morpholine rings is 1. The lowest BCUT2D eigenvalue weighted by molar-refractivity contribution is -0.0421. The standard InChI is InChI=1S/C14H22N4O3/c1-8-4-12(13(10(3)16-8)14(15)17-20)18-5-9(2)21-11(6-18)7-19/h4,9,11,19-20H,5-7H2,1-3H3,(H2,15,17). The molecule has 21 heavy (non-hydrogen) atoms. The molecule has 0 aromatic carbocycles. The molecule has 4 N–H and O–H groups in total. The van der Waals surface area contributed by atoms with Crippen LogP contribution in [0.25, 0.3) is 0 Å². The van der Waals surface area contributed by atoms with Gasteiger partial charge in [-0.1, -0.05) is 5.16 Å². The third-order valence-corrected chi connectivity index (χ3v) is 3.54. The Morgan fingerprint density at radius 2 is 2.24 bits per heavy atom. The highest BCUT2D eigenvalue weighted by atomic mass is 16.5. The van der Waals surface area contributed by atoms with E-state index in [2.05, 4.69) is 15.0 Å². The van der Waals surface area contributed by atoms with Gasteiger partial charge in [-0.3, -0.25) is 4.98 Å². The SMILES string of the molecule is Cc1cc(N2CC(C)OC(CO)C2)c(/C(N)=N/O)c(C)n1. The minimum absolute atomic E-state index is 0.00943. The van der Waals surface area contributed by atoms with Gasteiger partial charge >= 0.3 is 0 Å². The Labute approximate surface area is 124 Å². The largest absolute Gasteiger partial charge is 0.409 e. The second kappa shape index (κ2) is 6.28. The molecule has 1 saturated heterocycles. The van der Waals surface area contributed by atoms with Gasteiger partial charge < -0.3 is 25.7 Å². The number of nitrogens with zero attached hydrogens (tertiary/aromatic N) is 3. The molecule has 1 aromatic rings. The molecule has 2 unspecified atom stereocenters. The number of aliphatic hydroxyl groups is 1. The normalized spacial score (nSPS) is 23.4.